The van der Waals surface area contributed by atoms with Crippen molar-refractivity contribution in [2.75, 3.05) is 22.9 Å². The Bertz CT molecular complexity index is 3900. The fourth-order valence-electron chi connectivity index (χ4n) is 14.2. The molecule has 0 radical (unpaired) electrons. The van der Waals surface area contributed by atoms with Crippen LogP contribution in [0.5, 0.6) is 0 Å². The summed E-state index contributed by atoms with van der Waals surface area (Å²) in [6.07, 6.45) is 4.47. The minimum absolute atomic E-state index is 0.0600. The third kappa shape index (κ3) is 6.86. The average molecular weight is 977 g/mol. The molecule has 0 saturated heterocycles. The lowest BCUT2D eigenvalue weighted by molar-refractivity contribution is 0.660. The van der Waals surface area contributed by atoms with Crippen LogP contribution in [0, 0.1) is 0 Å². The Kier molecular flexibility index (Phi) is 10.1. The van der Waals surface area contributed by atoms with E-state index in [0.717, 1.165) is 38.8 Å². The van der Waals surface area contributed by atoms with Crippen molar-refractivity contribution >= 4 is 44.3 Å². The molecule has 0 N–H and O–H groups in total. The van der Waals surface area contributed by atoms with E-state index < -0.39 is 0 Å². The van der Waals surface area contributed by atoms with Crippen molar-refractivity contribution in [1.82, 2.24) is 0 Å². The summed E-state index contributed by atoms with van der Waals surface area (Å²) in [6.45, 7) is 11.5. The van der Waals surface area contributed by atoms with E-state index in [1.807, 2.05) is 0 Å². The molecule has 76 heavy (non-hydrogen) atoms. The Morgan fingerprint density at radius 3 is 1.12 bits per heavy atom. The molecule has 2 aliphatic carbocycles. The van der Waals surface area contributed by atoms with E-state index in [9.17, 15) is 0 Å². The van der Waals surface area contributed by atoms with Crippen LogP contribution in [0.25, 0.3) is 88.3 Å². The first-order chi connectivity index (χ1) is 37.2. The number of anilines is 4. The first-order valence-electron chi connectivity index (χ1n) is 27.6. The van der Waals surface area contributed by atoms with Gasteiger partial charge in [0.15, 0.2) is 0 Å². The molecule has 2 heterocycles. The summed E-state index contributed by atoms with van der Waals surface area (Å²) in [5.41, 5.74) is 28.9. The van der Waals surface area contributed by atoms with Gasteiger partial charge in [0.25, 0.3) is 0 Å². The Morgan fingerprint density at radius 1 is 0.303 bits per heavy atom. The molecule has 0 amide bonds. The zero-order valence-electron chi connectivity index (χ0n) is 43.9. The van der Waals surface area contributed by atoms with Crippen LogP contribution in [0.2, 0.25) is 0 Å². The molecular formula is C74H60N2. The predicted octanol–water partition coefficient (Wildman–Crippen LogP) is 19.4. The fourth-order valence-corrected chi connectivity index (χ4v) is 14.2. The van der Waals surface area contributed by atoms with Crippen molar-refractivity contribution in [1.29, 1.82) is 0 Å². The van der Waals surface area contributed by atoms with Crippen molar-refractivity contribution in [3.05, 3.63) is 252 Å². The normalized spacial score (nSPS) is 15.5. The molecule has 0 saturated carbocycles. The second-order valence-electron chi connectivity index (χ2n) is 23.0. The maximum Gasteiger partial charge on any atom is 0.0443 e. The van der Waals surface area contributed by atoms with Crippen LogP contribution in [0.4, 0.5) is 22.7 Å². The molecule has 366 valence electrons. The Morgan fingerprint density at radius 2 is 0.671 bits per heavy atom. The zero-order valence-corrected chi connectivity index (χ0v) is 43.9. The van der Waals surface area contributed by atoms with Gasteiger partial charge in [0.1, 0.15) is 0 Å². The number of aryl methyl sites for hydroxylation is 2. The van der Waals surface area contributed by atoms with Crippen molar-refractivity contribution in [3.63, 3.8) is 0 Å². The molecule has 0 spiro atoms. The standard InChI is InChI=1S/C74H60N2/c1-73(2)65-21-9-7-19-57(65)59-37-33-53(43-67(59)73)47-25-29-51(30-26-47)71-61-39-35-56(76-42-14-18-50-16-6-12-24-70(50)76)46-64(61)72(62-40-36-55(45-63(62)71)75-41-13-17-49-15-5-11-23-69(49)75)52-31-27-48(28-32-52)54-34-38-60-58-20-8-10-22-66(58)74(3,4)68(60)44-54/h5-12,15-16,19-40,43-46H,13-14,17-18,41-42H2,1-4H3. The smallest absolute Gasteiger partial charge is 0.0443 e. The topological polar surface area (TPSA) is 6.48 Å². The van der Waals surface area contributed by atoms with Crippen LogP contribution in [-0.2, 0) is 23.7 Å². The summed E-state index contributed by atoms with van der Waals surface area (Å²) in [4.78, 5) is 5.12. The fraction of sp³-hybridized carbons (Fsp3) is 0.162. The van der Waals surface area contributed by atoms with Gasteiger partial charge in [0.2, 0.25) is 0 Å². The third-order valence-corrected chi connectivity index (χ3v) is 18.1. The summed E-state index contributed by atoms with van der Waals surface area (Å²) in [6, 6.07) is 83.8. The molecule has 11 aromatic rings. The second-order valence-corrected chi connectivity index (χ2v) is 23.0. The second kappa shape index (κ2) is 17.0. The molecule has 0 bridgehead atoms. The largest absolute Gasteiger partial charge is 0.341 e. The summed E-state index contributed by atoms with van der Waals surface area (Å²) in [7, 11) is 0. The highest BCUT2D eigenvalue weighted by molar-refractivity contribution is 6.22. The Balaban J connectivity index is 0.922. The average Bonchev–Trinajstić information content (AvgIpc) is 3.88. The van der Waals surface area contributed by atoms with Gasteiger partial charge in [-0.15, -0.1) is 0 Å². The highest BCUT2D eigenvalue weighted by Crippen LogP contribution is 2.53. The van der Waals surface area contributed by atoms with E-state index in [2.05, 4.69) is 256 Å². The zero-order chi connectivity index (χ0) is 50.9. The maximum absolute atomic E-state index is 2.56. The third-order valence-electron chi connectivity index (χ3n) is 18.1. The van der Waals surface area contributed by atoms with Crippen LogP contribution in [-0.4, -0.2) is 13.1 Å². The quantitative estimate of drug-likeness (QED) is 0.153. The van der Waals surface area contributed by atoms with Gasteiger partial charge in [0.05, 0.1) is 0 Å². The van der Waals surface area contributed by atoms with E-state index >= 15 is 0 Å². The van der Waals surface area contributed by atoms with E-state index in [-0.39, 0.29) is 10.8 Å². The summed E-state index contributed by atoms with van der Waals surface area (Å²) in [5.74, 6) is 0. The van der Waals surface area contributed by atoms with E-state index in [0.29, 0.717) is 0 Å². The molecule has 2 nitrogen and oxygen atoms in total. The van der Waals surface area contributed by atoms with Crippen molar-refractivity contribution < 1.29 is 0 Å². The first-order valence-corrected chi connectivity index (χ1v) is 27.6. The van der Waals surface area contributed by atoms with Crippen LogP contribution >= 0.6 is 0 Å². The highest BCUT2D eigenvalue weighted by Gasteiger charge is 2.37. The predicted molar refractivity (Wildman–Crippen MR) is 322 cm³/mol. The van der Waals surface area contributed by atoms with E-state index in [4.69, 9.17) is 0 Å². The molecular weight excluding hydrogens is 917 g/mol. The molecule has 0 fully saturated rings. The van der Waals surface area contributed by atoms with Crippen LogP contribution in [0.1, 0.15) is 73.9 Å². The van der Waals surface area contributed by atoms with Gasteiger partial charge in [-0.25, -0.2) is 0 Å². The SMILES string of the molecule is CC1(C)c2ccccc2-c2ccc(-c3ccc(-c4c5ccc(N6CCCc7ccccc76)cc5c(-c5ccc(-c6ccc7c(c6)C(C)(C)c6ccccc6-7)cc5)c5ccc(N6CCCc7ccccc76)cc45)cc3)cc21. The summed E-state index contributed by atoms with van der Waals surface area (Å²) in [5, 5.41) is 5.07. The lowest BCUT2D eigenvalue weighted by atomic mass is 9.81. The number of fused-ring (bicyclic) bond motifs is 10. The molecule has 2 aliphatic heterocycles. The van der Waals surface area contributed by atoms with Gasteiger partial charge in [-0.3, -0.25) is 0 Å². The van der Waals surface area contributed by atoms with E-state index in [1.165, 1.54) is 144 Å². The summed E-state index contributed by atoms with van der Waals surface area (Å²) < 4.78 is 0. The number of hydrogen-bond donors (Lipinski definition) is 0. The monoisotopic (exact) mass is 976 g/mol. The van der Waals surface area contributed by atoms with Gasteiger partial charge >= 0.3 is 0 Å². The molecule has 2 heteroatoms. The van der Waals surface area contributed by atoms with Gasteiger partial charge in [-0.1, -0.05) is 198 Å². The number of nitrogens with zero attached hydrogens (tertiary/aromatic N) is 2. The minimum Gasteiger partial charge on any atom is -0.341 e. The summed E-state index contributed by atoms with van der Waals surface area (Å²) >= 11 is 0. The van der Waals surface area contributed by atoms with Crippen molar-refractivity contribution in [2.24, 2.45) is 0 Å². The van der Waals surface area contributed by atoms with Crippen LogP contribution in [0.15, 0.2) is 218 Å². The number of hydrogen-bond acceptors (Lipinski definition) is 2. The molecule has 0 aromatic heterocycles. The van der Waals surface area contributed by atoms with Gasteiger partial charge < -0.3 is 9.80 Å². The molecule has 0 unspecified atom stereocenters. The molecule has 4 aliphatic rings. The van der Waals surface area contributed by atoms with Crippen LogP contribution in [0.3, 0.4) is 0 Å². The van der Waals surface area contributed by atoms with E-state index in [1.54, 1.807) is 0 Å². The van der Waals surface area contributed by atoms with Gasteiger partial charge in [-0.2, -0.15) is 0 Å². The number of benzene rings is 11. The molecule has 15 rings (SSSR count). The first kappa shape index (κ1) is 45.0. The van der Waals surface area contributed by atoms with Crippen molar-refractivity contribution in [3.8, 4) is 66.8 Å². The molecule has 11 aromatic carbocycles. The lowest BCUT2D eigenvalue weighted by Gasteiger charge is -2.32. The molecule has 0 atom stereocenters. The Labute approximate surface area is 447 Å². The lowest BCUT2D eigenvalue weighted by Crippen LogP contribution is -2.24. The maximum atomic E-state index is 2.56. The van der Waals surface area contributed by atoms with Gasteiger partial charge in [0, 0.05) is 46.7 Å². The minimum atomic E-state index is -0.0600. The van der Waals surface area contributed by atoms with Crippen molar-refractivity contribution in [2.45, 2.75) is 64.2 Å². The highest BCUT2D eigenvalue weighted by atomic mass is 15.1. The van der Waals surface area contributed by atoms with Gasteiger partial charge in [-0.05, 0) is 196 Å². The number of rotatable bonds is 6. The number of para-hydroxylation sites is 2. The Hall–Kier alpha value is -8.46. The van der Waals surface area contributed by atoms with Crippen LogP contribution < -0.4 is 9.80 Å².